The number of alkyl carbamates (subject to hydrolysis) is 1. The van der Waals surface area contributed by atoms with Crippen LogP contribution in [-0.4, -0.2) is 54.5 Å². The van der Waals surface area contributed by atoms with E-state index in [-0.39, 0.29) is 24.0 Å². The van der Waals surface area contributed by atoms with E-state index in [1.165, 1.54) is 12.2 Å². The first-order chi connectivity index (χ1) is 14.6. The maximum atomic E-state index is 12.5. The number of nitrogens with one attached hydrogen (secondary N) is 2. The number of carbonyl (C=O) groups is 1. The van der Waals surface area contributed by atoms with E-state index in [9.17, 15) is 9.18 Å². The fourth-order valence-electron chi connectivity index (χ4n) is 3.61. The Balaban J connectivity index is 1.80. The first-order valence-electron chi connectivity index (χ1n) is 10.3. The number of thioether (sulfide) groups is 1. The zero-order valence-corrected chi connectivity index (χ0v) is 18.3. The number of alkyl halides is 1. The van der Waals surface area contributed by atoms with Crippen LogP contribution in [0.4, 0.5) is 9.18 Å². The van der Waals surface area contributed by atoms with Crippen LogP contribution in [-0.2, 0) is 4.74 Å². The van der Waals surface area contributed by atoms with Gasteiger partial charge < -0.3 is 20.4 Å². The molecule has 8 heteroatoms. The molecule has 1 unspecified atom stereocenters. The maximum Gasteiger partial charge on any atom is 0.407 e. The molecule has 6 nitrogen and oxygen atoms in total. The number of allylic oxidation sites excluding steroid dienone is 4. The van der Waals surface area contributed by atoms with E-state index in [2.05, 4.69) is 10.2 Å². The lowest BCUT2D eigenvalue weighted by Gasteiger charge is -2.29. The van der Waals surface area contributed by atoms with Gasteiger partial charge in [0.15, 0.2) is 0 Å². The lowest BCUT2D eigenvalue weighted by molar-refractivity contribution is 0.0507. The van der Waals surface area contributed by atoms with E-state index in [0.717, 1.165) is 41.3 Å². The van der Waals surface area contributed by atoms with Crippen molar-refractivity contribution in [2.75, 3.05) is 19.8 Å². The third-order valence-corrected chi connectivity index (χ3v) is 6.40. The molecule has 1 atom stereocenters. The lowest BCUT2D eigenvalue weighted by Crippen LogP contribution is -2.41. The van der Waals surface area contributed by atoms with Crippen LogP contribution in [0.2, 0.25) is 0 Å². The highest BCUT2D eigenvalue weighted by Gasteiger charge is 2.37. The minimum absolute atomic E-state index is 0.0340. The highest BCUT2D eigenvalue weighted by Crippen LogP contribution is 2.34. The number of aliphatic imine (C=N–C) groups is 1. The van der Waals surface area contributed by atoms with Crippen LogP contribution in [0, 0.1) is 5.41 Å². The van der Waals surface area contributed by atoms with E-state index >= 15 is 0 Å². The number of amides is 1. The summed E-state index contributed by atoms with van der Waals surface area (Å²) >= 11 is 1.59. The second-order valence-electron chi connectivity index (χ2n) is 7.39. The minimum atomic E-state index is -0.608. The minimum Gasteiger partial charge on any atom is -0.446 e. The molecule has 2 heterocycles. The lowest BCUT2D eigenvalue weighted by atomic mass is 9.96. The molecule has 0 aromatic carbocycles. The van der Waals surface area contributed by atoms with Crippen molar-refractivity contribution in [2.24, 2.45) is 4.99 Å². The van der Waals surface area contributed by atoms with E-state index in [4.69, 9.17) is 15.1 Å². The van der Waals surface area contributed by atoms with Crippen LogP contribution in [0.3, 0.4) is 0 Å². The summed E-state index contributed by atoms with van der Waals surface area (Å²) in [5, 5.41) is 13.3. The SMILES string of the molecule is C/C=C\S/C(=C/C)C1=NCC(C(=N)/C=C\CF)=C2CC(NC(=O)OC3CCC3)CN12. The predicted octanol–water partition coefficient (Wildman–Crippen LogP) is 4.72. The van der Waals surface area contributed by atoms with Crippen LogP contribution in [0.15, 0.2) is 50.9 Å². The van der Waals surface area contributed by atoms with E-state index in [1.807, 2.05) is 31.4 Å². The number of halogens is 1. The maximum absolute atomic E-state index is 12.5. The Morgan fingerprint density at radius 2 is 2.23 bits per heavy atom. The van der Waals surface area contributed by atoms with Crippen LogP contribution < -0.4 is 5.32 Å². The zero-order valence-electron chi connectivity index (χ0n) is 17.5. The van der Waals surface area contributed by atoms with E-state index in [0.29, 0.717) is 19.5 Å². The average molecular weight is 433 g/mol. The number of hydrogen-bond acceptors (Lipinski definition) is 6. The normalized spacial score (nSPS) is 22.4. The molecule has 2 fully saturated rings. The molecule has 3 aliphatic rings. The Bertz CT molecular complexity index is 827. The van der Waals surface area contributed by atoms with Crippen molar-refractivity contribution in [1.29, 1.82) is 5.41 Å². The molecule has 162 valence electrons. The van der Waals surface area contributed by atoms with Gasteiger partial charge in [0, 0.05) is 29.1 Å². The number of amidine groups is 1. The molecule has 30 heavy (non-hydrogen) atoms. The molecule has 1 aliphatic carbocycles. The van der Waals surface area contributed by atoms with Gasteiger partial charge in [0.05, 0.1) is 18.3 Å². The Morgan fingerprint density at radius 1 is 1.43 bits per heavy atom. The second kappa shape index (κ2) is 10.6. The summed E-state index contributed by atoms with van der Waals surface area (Å²) in [7, 11) is 0. The highest BCUT2D eigenvalue weighted by molar-refractivity contribution is 8.06. The topological polar surface area (TPSA) is 77.8 Å². The summed E-state index contributed by atoms with van der Waals surface area (Å²) in [6.07, 6.45) is 10.0. The molecule has 1 saturated heterocycles. The molecule has 2 aliphatic heterocycles. The number of fused-ring (bicyclic) bond motifs is 1. The van der Waals surface area contributed by atoms with Crippen molar-refractivity contribution >= 4 is 29.4 Å². The summed E-state index contributed by atoms with van der Waals surface area (Å²) in [5.74, 6) is 0.846. The van der Waals surface area contributed by atoms with Gasteiger partial charge >= 0.3 is 6.09 Å². The van der Waals surface area contributed by atoms with E-state index < -0.39 is 6.67 Å². The molecule has 1 amide bonds. The fourth-order valence-corrected chi connectivity index (χ4v) is 4.31. The Hall–Kier alpha value is -2.35. The van der Waals surface area contributed by atoms with Gasteiger partial charge in [0.25, 0.3) is 0 Å². The van der Waals surface area contributed by atoms with E-state index in [1.54, 1.807) is 11.8 Å². The zero-order chi connectivity index (χ0) is 21.5. The quantitative estimate of drug-likeness (QED) is 0.544. The third-order valence-electron chi connectivity index (χ3n) is 5.32. The summed E-state index contributed by atoms with van der Waals surface area (Å²) in [6, 6.07) is -0.131. The summed E-state index contributed by atoms with van der Waals surface area (Å²) in [5.41, 5.74) is 1.99. The monoisotopic (exact) mass is 432 g/mol. The number of hydrogen-bond donors (Lipinski definition) is 2. The molecule has 0 aromatic rings. The molecular weight excluding hydrogens is 403 g/mol. The molecule has 2 N–H and O–H groups in total. The highest BCUT2D eigenvalue weighted by atomic mass is 32.2. The number of carbonyl (C=O) groups excluding carboxylic acids is 1. The molecule has 0 radical (unpaired) electrons. The Labute approximate surface area is 181 Å². The van der Waals surface area contributed by atoms with Crippen molar-refractivity contribution in [1.82, 2.24) is 10.2 Å². The molecule has 3 rings (SSSR count). The molecular formula is C22H29FN4O2S. The standard InChI is InChI=1S/C22H29FN4O2S/c1-3-11-30-20(4-2)21-25-13-17(18(24)9-6-10-23)19-12-15(14-27(19)21)26-22(28)29-16-7-5-8-16/h3-4,6,9,11,15-16,24H,5,7-8,10,12-14H2,1-2H3,(H,26,28)/b9-6-,11-3-,20-4+,24-18?. The smallest absolute Gasteiger partial charge is 0.407 e. The number of nitrogens with zero attached hydrogens (tertiary/aromatic N) is 2. The second-order valence-corrected chi connectivity index (χ2v) is 8.34. The summed E-state index contributed by atoms with van der Waals surface area (Å²) < 4.78 is 18.0. The third kappa shape index (κ3) is 5.22. The van der Waals surface area contributed by atoms with Gasteiger partial charge in [0.2, 0.25) is 0 Å². The first kappa shape index (κ1) is 22.3. The van der Waals surface area contributed by atoms with Crippen LogP contribution in [0.1, 0.15) is 39.5 Å². The summed E-state index contributed by atoms with van der Waals surface area (Å²) in [6.45, 7) is 4.26. The van der Waals surface area contributed by atoms with Gasteiger partial charge in [-0.15, -0.1) is 0 Å². The van der Waals surface area contributed by atoms with Crippen molar-refractivity contribution < 1.29 is 13.9 Å². The number of rotatable bonds is 8. The predicted molar refractivity (Wildman–Crippen MR) is 121 cm³/mol. The Kier molecular flexibility index (Phi) is 7.90. The van der Waals surface area contributed by atoms with Gasteiger partial charge in [0.1, 0.15) is 18.6 Å². The Morgan fingerprint density at radius 3 is 2.87 bits per heavy atom. The van der Waals surface area contributed by atoms with Gasteiger partial charge in [-0.1, -0.05) is 30.0 Å². The van der Waals surface area contributed by atoms with Crippen molar-refractivity contribution in [2.45, 2.75) is 51.7 Å². The van der Waals surface area contributed by atoms with Crippen molar-refractivity contribution in [3.63, 3.8) is 0 Å². The fraction of sp³-hybridized carbons (Fsp3) is 0.500. The largest absolute Gasteiger partial charge is 0.446 e. The van der Waals surface area contributed by atoms with Gasteiger partial charge in [-0.25, -0.2) is 9.18 Å². The van der Waals surface area contributed by atoms with Gasteiger partial charge in [-0.05, 0) is 44.6 Å². The van der Waals surface area contributed by atoms with Gasteiger partial charge in [-0.2, -0.15) is 0 Å². The molecule has 0 spiro atoms. The van der Waals surface area contributed by atoms with Crippen molar-refractivity contribution in [3.8, 4) is 0 Å². The number of ether oxygens (including phenoxy) is 1. The van der Waals surface area contributed by atoms with Crippen molar-refractivity contribution in [3.05, 3.63) is 45.9 Å². The van der Waals surface area contributed by atoms with Crippen LogP contribution in [0.25, 0.3) is 0 Å². The first-order valence-corrected chi connectivity index (χ1v) is 11.2. The van der Waals surface area contributed by atoms with Crippen LogP contribution >= 0.6 is 11.8 Å². The summed E-state index contributed by atoms with van der Waals surface area (Å²) in [4.78, 5) is 20.1. The average Bonchev–Trinajstić information content (AvgIpc) is 3.12. The molecule has 0 bridgehead atoms. The van der Waals surface area contributed by atoms with Crippen LogP contribution in [0.5, 0.6) is 0 Å². The molecule has 0 aromatic heterocycles. The van der Waals surface area contributed by atoms with Gasteiger partial charge in [-0.3, -0.25) is 4.99 Å². The molecule has 1 saturated carbocycles.